The number of aliphatic hydroxyl groups excluding tert-OH is 1. The maximum atomic E-state index is 12.8. The monoisotopic (exact) mass is 196 g/mol. The van der Waals surface area contributed by atoms with E-state index < -0.39 is 23.8 Å². The van der Waals surface area contributed by atoms with Crippen LogP contribution in [0.2, 0.25) is 0 Å². The first kappa shape index (κ1) is 9.15. The van der Waals surface area contributed by atoms with Crippen molar-refractivity contribution >= 4 is 5.97 Å². The number of carbonyl (C=O) groups is 1. The van der Waals surface area contributed by atoms with Crippen molar-refractivity contribution in [2.45, 2.75) is 12.5 Å². The Kier molecular flexibility index (Phi) is 2.00. The molecule has 0 bridgehead atoms. The second-order valence-corrected chi connectivity index (χ2v) is 3.44. The van der Waals surface area contributed by atoms with Gasteiger partial charge in [0.25, 0.3) is 0 Å². The molecule has 4 heteroatoms. The SMILES string of the molecule is O=C(O)C1Cc2ccc(F)cc2C1O. The van der Waals surface area contributed by atoms with E-state index in [0.717, 1.165) is 0 Å². The molecule has 0 amide bonds. The number of benzene rings is 1. The minimum absolute atomic E-state index is 0.270. The highest BCUT2D eigenvalue weighted by molar-refractivity contribution is 5.73. The van der Waals surface area contributed by atoms with Gasteiger partial charge in [-0.1, -0.05) is 6.07 Å². The predicted octanol–water partition coefficient (Wildman–Crippen LogP) is 1.12. The van der Waals surface area contributed by atoms with Crippen LogP contribution in [0.25, 0.3) is 0 Å². The van der Waals surface area contributed by atoms with Crippen molar-refractivity contribution in [3.05, 3.63) is 35.1 Å². The van der Waals surface area contributed by atoms with E-state index in [9.17, 15) is 14.3 Å². The number of rotatable bonds is 1. The Balaban J connectivity index is 2.41. The van der Waals surface area contributed by atoms with E-state index in [0.29, 0.717) is 11.1 Å². The summed E-state index contributed by atoms with van der Waals surface area (Å²) in [5.41, 5.74) is 1.11. The summed E-state index contributed by atoms with van der Waals surface area (Å²) in [6.07, 6.45) is -0.815. The minimum Gasteiger partial charge on any atom is -0.481 e. The zero-order chi connectivity index (χ0) is 10.3. The molecule has 1 aromatic carbocycles. The summed E-state index contributed by atoms with van der Waals surface area (Å²) in [4.78, 5) is 10.7. The van der Waals surface area contributed by atoms with Crippen molar-refractivity contribution in [3.8, 4) is 0 Å². The van der Waals surface area contributed by atoms with E-state index in [1.165, 1.54) is 18.2 Å². The van der Waals surface area contributed by atoms with E-state index in [1.807, 2.05) is 0 Å². The lowest BCUT2D eigenvalue weighted by atomic mass is 10.0. The Hall–Kier alpha value is -1.42. The molecule has 1 aromatic rings. The second-order valence-electron chi connectivity index (χ2n) is 3.44. The number of fused-ring (bicyclic) bond motifs is 1. The first-order valence-electron chi connectivity index (χ1n) is 4.29. The maximum Gasteiger partial charge on any atom is 0.309 e. The summed E-state index contributed by atoms with van der Waals surface area (Å²) < 4.78 is 12.8. The molecule has 0 saturated carbocycles. The average Bonchev–Trinajstić information content (AvgIpc) is 2.44. The van der Waals surface area contributed by atoms with Gasteiger partial charge in [-0.2, -0.15) is 0 Å². The summed E-state index contributed by atoms with van der Waals surface area (Å²) in [5.74, 6) is -2.34. The second kappa shape index (κ2) is 3.06. The van der Waals surface area contributed by atoms with Crippen molar-refractivity contribution < 1.29 is 19.4 Å². The van der Waals surface area contributed by atoms with Gasteiger partial charge in [-0.05, 0) is 29.7 Å². The summed E-state index contributed by atoms with van der Waals surface area (Å²) in [6.45, 7) is 0. The average molecular weight is 196 g/mol. The third kappa shape index (κ3) is 1.28. The molecule has 0 radical (unpaired) electrons. The number of aliphatic carboxylic acids is 1. The van der Waals surface area contributed by atoms with Gasteiger partial charge in [0.05, 0.1) is 12.0 Å². The van der Waals surface area contributed by atoms with Gasteiger partial charge in [-0.3, -0.25) is 4.79 Å². The molecule has 2 atom stereocenters. The van der Waals surface area contributed by atoms with Crippen LogP contribution in [0.1, 0.15) is 17.2 Å². The van der Waals surface area contributed by atoms with Gasteiger partial charge in [0.2, 0.25) is 0 Å². The molecule has 14 heavy (non-hydrogen) atoms. The fourth-order valence-electron chi connectivity index (χ4n) is 1.81. The molecule has 1 aliphatic rings. The number of aliphatic hydroxyl groups is 1. The Morgan fingerprint density at radius 3 is 2.86 bits per heavy atom. The van der Waals surface area contributed by atoms with Crippen molar-refractivity contribution in [2.24, 2.45) is 5.92 Å². The summed E-state index contributed by atoms with van der Waals surface area (Å²) in [7, 11) is 0. The minimum atomic E-state index is -1.09. The number of hydrogen-bond donors (Lipinski definition) is 2. The van der Waals surface area contributed by atoms with E-state index >= 15 is 0 Å². The Morgan fingerprint density at radius 2 is 2.21 bits per heavy atom. The largest absolute Gasteiger partial charge is 0.481 e. The van der Waals surface area contributed by atoms with Gasteiger partial charge in [-0.15, -0.1) is 0 Å². The topological polar surface area (TPSA) is 57.5 Å². The molecule has 2 N–H and O–H groups in total. The first-order chi connectivity index (χ1) is 6.59. The molecule has 0 fully saturated rings. The van der Waals surface area contributed by atoms with Gasteiger partial charge >= 0.3 is 5.97 Å². The van der Waals surface area contributed by atoms with Crippen molar-refractivity contribution in [2.75, 3.05) is 0 Å². The van der Waals surface area contributed by atoms with Crippen LogP contribution in [0.15, 0.2) is 18.2 Å². The Morgan fingerprint density at radius 1 is 1.50 bits per heavy atom. The molecule has 74 valence electrons. The highest BCUT2D eigenvalue weighted by atomic mass is 19.1. The van der Waals surface area contributed by atoms with E-state index in [4.69, 9.17) is 5.11 Å². The van der Waals surface area contributed by atoms with Crippen LogP contribution in [0, 0.1) is 11.7 Å². The molecular formula is C10H9FO3. The fraction of sp³-hybridized carbons (Fsp3) is 0.300. The van der Waals surface area contributed by atoms with E-state index in [-0.39, 0.29) is 6.42 Å². The van der Waals surface area contributed by atoms with Crippen LogP contribution in [0.5, 0.6) is 0 Å². The van der Waals surface area contributed by atoms with Crippen LogP contribution >= 0.6 is 0 Å². The molecule has 0 saturated heterocycles. The summed E-state index contributed by atoms with van der Waals surface area (Å²) >= 11 is 0. The van der Waals surface area contributed by atoms with E-state index in [1.54, 1.807) is 0 Å². The highest BCUT2D eigenvalue weighted by Gasteiger charge is 2.36. The molecule has 3 nitrogen and oxygen atoms in total. The molecule has 0 heterocycles. The predicted molar refractivity (Wildman–Crippen MR) is 46.2 cm³/mol. The zero-order valence-corrected chi connectivity index (χ0v) is 7.27. The van der Waals surface area contributed by atoms with Crippen molar-refractivity contribution in [1.29, 1.82) is 0 Å². The molecule has 2 rings (SSSR count). The standard InChI is InChI=1S/C10H9FO3/c11-6-2-1-5-3-8(10(13)14)9(12)7(5)4-6/h1-2,4,8-9,12H,3H2,(H,13,14). The van der Waals surface area contributed by atoms with Gasteiger partial charge in [0.15, 0.2) is 0 Å². The van der Waals surface area contributed by atoms with Gasteiger partial charge < -0.3 is 10.2 Å². The molecular weight excluding hydrogens is 187 g/mol. The lowest BCUT2D eigenvalue weighted by molar-refractivity contribution is -0.145. The smallest absolute Gasteiger partial charge is 0.309 e. The number of carboxylic acid groups (broad SMARTS) is 1. The van der Waals surface area contributed by atoms with Crippen molar-refractivity contribution in [3.63, 3.8) is 0 Å². The number of hydrogen-bond acceptors (Lipinski definition) is 2. The summed E-state index contributed by atoms with van der Waals surface area (Å²) in [6, 6.07) is 4.00. The van der Waals surface area contributed by atoms with Crippen LogP contribution in [-0.2, 0) is 11.2 Å². The number of halogens is 1. The van der Waals surface area contributed by atoms with Crippen LogP contribution in [-0.4, -0.2) is 16.2 Å². The Bertz CT molecular complexity index is 389. The zero-order valence-electron chi connectivity index (χ0n) is 7.27. The first-order valence-corrected chi connectivity index (χ1v) is 4.29. The lowest BCUT2D eigenvalue weighted by Gasteiger charge is -2.08. The fourth-order valence-corrected chi connectivity index (χ4v) is 1.81. The quantitative estimate of drug-likeness (QED) is 0.707. The van der Waals surface area contributed by atoms with Gasteiger partial charge in [0, 0.05) is 0 Å². The maximum absolute atomic E-state index is 12.8. The number of carboxylic acids is 1. The Labute approximate surface area is 79.8 Å². The summed E-state index contributed by atoms with van der Waals surface area (Å²) in [5, 5.41) is 18.4. The third-order valence-corrected chi connectivity index (χ3v) is 2.56. The normalized spacial score (nSPS) is 24.7. The molecule has 0 aliphatic heterocycles. The van der Waals surface area contributed by atoms with Crippen LogP contribution in [0.3, 0.4) is 0 Å². The van der Waals surface area contributed by atoms with E-state index in [2.05, 4.69) is 0 Å². The highest BCUT2D eigenvalue weighted by Crippen LogP contribution is 2.36. The third-order valence-electron chi connectivity index (χ3n) is 2.56. The van der Waals surface area contributed by atoms with Crippen LogP contribution in [0.4, 0.5) is 4.39 Å². The van der Waals surface area contributed by atoms with Gasteiger partial charge in [0.1, 0.15) is 5.82 Å². The molecule has 0 spiro atoms. The lowest BCUT2D eigenvalue weighted by Crippen LogP contribution is -2.18. The molecule has 0 aromatic heterocycles. The van der Waals surface area contributed by atoms with Crippen LogP contribution < -0.4 is 0 Å². The van der Waals surface area contributed by atoms with Crippen molar-refractivity contribution in [1.82, 2.24) is 0 Å². The molecule has 2 unspecified atom stereocenters. The van der Waals surface area contributed by atoms with Gasteiger partial charge in [-0.25, -0.2) is 4.39 Å². The molecule has 1 aliphatic carbocycles.